The molecule has 1 unspecified atom stereocenters. The Balaban J connectivity index is 1.81. The maximum Gasteiger partial charge on any atom is 0.119 e. The van der Waals surface area contributed by atoms with Crippen LogP contribution in [-0.4, -0.2) is 20.2 Å². The van der Waals surface area contributed by atoms with E-state index in [-0.39, 0.29) is 0 Å². The maximum absolute atomic E-state index is 5.95. The molecule has 2 nitrogen and oxygen atoms in total. The van der Waals surface area contributed by atoms with E-state index in [2.05, 4.69) is 17.4 Å². The SMILES string of the molecule is CNCC(CCCOc1ccccc1)c1ccc(Cl)cc1. The zero-order valence-corrected chi connectivity index (χ0v) is 13.1. The number of benzene rings is 2. The molecule has 0 radical (unpaired) electrons. The molecule has 0 amide bonds. The van der Waals surface area contributed by atoms with Gasteiger partial charge in [0, 0.05) is 11.6 Å². The number of hydrogen-bond acceptors (Lipinski definition) is 2. The zero-order valence-electron chi connectivity index (χ0n) is 12.4. The summed E-state index contributed by atoms with van der Waals surface area (Å²) in [5, 5.41) is 4.05. The zero-order chi connectivity index (χ0) is 14.9. The quantitative estimate of drug-likeness (QED) is 0.725. The number of nitrogens with one attached hydrogen (secondary N) is 1. The second-order valence-corrected chi connectivity index (χ2v) is 5.55. The molecular formula is C18H22ClNO. The predicted octanol–water partition coefficient (Wildman–Crippen LogP) is 4.50. The minimum Gasteiger partial charge on any atom is -0.494 e. The van der Waals surface area contributed by atoms with Crippen LogP contribution in [0.25, 0.3) is 0 Å². The molecule has 0 spiro atoms. The van der Waals surface area contributed by atoms with Gasteiger partial charge < -0.3 is 10.1 Å². The standard InChI is InChI=1S/C18H22ClNO/c1-20-14-16(15-9-11-17(19)12-10-15)6-5-13-21-18-7-3-2-4-8-18/h2-4,7-12,16,20H,5-6,13-14H2,1H3. The monoisotopic (exact) mass is 303 g/mol. The molecule has 112 valence electrons. The summed E-state index contributed by atoms with van der Waals surface area (Å²) >= 11 is 5.95. The van der Waals surface area contributed by atoms with Gasteiger partial charge in [-0.2, -0.15) is 0 Å². The lowest BCUT2D eigenvalue weighted by molar-refractivity contribution is 0.301. The molecule has 2 aromatic rings. The first-order valence-electron chi connectivity index (χ1n) is 7.37. The van der Waals surface area contributed by atoms with Gasteiger partial charge >= 0.3 is 0 Å². The van der Waals surface area contributed by atoms with Crippen molar-refractivity contribution in [2.24, 2.45) is 0 Å². The molecule has 2 aromatic carbocycles. The highest BCUT2D eigenvalue weighted by Crippen LogP contribution is 2.22. The summed E-state index contributed by atoms with van der Waals surface area (Å²) in [6.45, 7) is 1.71. The van der Waals surface area contributed by atoms with Crippen molar-refractivity contribution in [3.05, 3.63) is 65.2 Å². The van der Waals surface area contributed by atoms with E-state index in [9.17, 15) is 0 Å². The van der Waals surface area contributed by atoms with Crippen LogP contribution in [-0.2, 0) is 0 Å². The van der Waals surface area contributed by atoms with E-state index in [0.717, 1.165) is 36.8 Å². The number of rotatable bonds is 8. The molecular weight excluding hydrogens is 282 g/mol. The van der Waals surface area contributed by atoms with Gasteiger partial charge in [0.2, 0.25) is 0 Å². The van der Waals surface area contributed by atoms with Crippen molar-refractivity contribution in [3.63, 3.8) is 0 Å². The van der Waals surface area contributed by atoms with E-state index in [1.807, 2.05) is 49.5 Å². The van der Waals surface area contributed by atoms with Crippen molar-refractivity contribution in [2.45, 2.75) is 18.8 Å². The first kappa shape index (κ1) is 15.9. The average molecular weight is 304 g/mol. The van der Waals surface area contributed by atoms with Gasteiger partial charge in [-0.15, -0.1) is 0 Å². The van der Waals surface area contributed by atoms with Crippen molar-refractivity contribution < 1.29 is 4.74 Å². The van der Waals surface area contributed by atoms with E-state index in [0.29, 0.717) is 5.92 Å². The van der Waals surface area contributed by atoms with Crippen LogP contribution >= 0.6 is 11.6 Å². The van der Waals surface area contributed by atoms with Gasteiger partial charge in [0.15, 0.2) is 0 Å². The lowest BCUT2D eigenvalue weighted by Crippen LogP contribution is -2.18. The van der Waals surface area contributed by atoms with Gasteiger partial charge in [-0.25, -0.2) is 0 Å². The van der Waals surface area contributed by atoms with E-state index < -0.39 is 0 Å². The molecule has 0 heterocycles. The Hall–Kier alpha value is -1.51. The van der Waals surface area contributed by atoms with Crippen molar-refractivity contribution in [1.29, 1.82) is 0 Å². The topological polar surface area (TPSA) is 21.3 Å². The van der Waals surface area contributed by atoms with E-state index in [1.165, 1.54) is 5.56 Å². The number of ether oxygens (including phenoxy) is 1. The summed E-state index contributed by atoms with van der Waals surface area (Å²) in [6.07, 6.45) is 2.12. The lowest BCUT2D eigenvalue weighted by Gasteiger charge is -2.17. The number of halogens is 1. The summed E-state index contributed by atoms with van der Waals surface area (Å²) in [5.41, 5.74) is 1.33. The van der Waals surface area contributed by atoms with E-state index >= 15 is 0 Å². The Morgan fingerprint density at radius 1 is 1.05 bits per heavy atom. The van der Waals surface area contributed by atoms with Crippen molar-refractivity contribution in [2.75, 3.05) is 20.2 Å². The van der Waals surface area contributed by atoms with Gasteiger partial charge in [0.25, 0.3) is 0 Å². The van der Waals surface area contributed by atoms with Gasteiger partial charge in [-0.05, 0) is 55.6 Å². The second kappa shape index (κ2) is 8.71. The van der Waals surface area contributed by atoms with Crippen LogP contribution in [0.2, 0.25) is 5.02 Å². The molecule has 1 atom stereocenters. The van der Waals surface area contributed by atoms with Crippen LogP contribution in [0.4, 0.5) is 0 Å². The third kappa shape index (κ3) is 5.41. The average Bonchev–Trinajstić information content (AvgIpc) is 2.52. The Labute approximate surface area is 132 Å². The summed E-state index contributed by atoms with van der Waals surface area (Å²) < 4.78 is 5.75. The van der Waals surface area contributed by atoms with Crippen LogP contribution in [0, 0.1) is 0 Å². The van der Waals surface area contributed by atoms with Crippen LogP contribution in [0.5, 0.6) is 5.75 Å². The highest BCUT2D eigenvalue weighted by atomic mass is 35.5. The normalized spacial score (nSPS) is 12.1. The highest BCUT2D eigenvalue weighted by molar-refractivity contribution is 6.30. The first-order chi connectivity index (χ1) is 10.3. The fourth-order valence-corrected chi connectivity index (χ4v) is 2.53. The Morgan fingerprint density at radius 3 is 2.43 bits per heavy atom. The minimum atomic E-state index is 0.492. The largest absolute Gasteiger partial charge is 0.494 e. The fraction of sp³-hybridized carbons (Fsp3) is 0.333. The third-order valence-corrected chi connectivity index (χ3v) is 3.75. The molecule has 2 rings (SSSR count). The lowest BCUT2D eigenvalue weighted by atomic mass is 9.94. The number of likely N-dealkylation sites (N-methyl/N-ethyl adjacent to an activating group) is 1. The van der Waals surface area contributed by atoms with Crippen LogP contribution in [0.3, 0.4) is 0 Å². The number of para-hydroxylation sites is 1. The molecule has 0 aliphatic carbocycles. The van der Waals surface area contributed by atoms with Gasteiger partial charge in [0.05, 0.1) is 6.61 Å². The predicted molar refractivity (Wildman–Crippen MR) is 89.3 cm³/mol. The molecule has 0 saturated heterocycles. The summed E-state index contributed by atoms with van der Waals surface area (Å²) in [5.74, 6) is 1.43. The summed E-state index contributed by atoms with van der Waals surface area (Å²) in [7, 11) is 1.99. The first-order valence-corrected chi connectivity index (χ1v) is 7.75. The maximum atomic E-state index is 5.95. The van der Waals surface area contributed by atoms with Crippen LogP contribution < -0.4 is 10.1 Å². The summed E-state index contributed by atoms with van der Waals surface area (Å²) in [6, 6.07) is 18.1. The molecule has 0 aliphatic rings. The van der Waals surface area contributed by atoms with Crippen LogP contribution in [0.15, 0.2) is 54.6 Å². The van der Waals surface area contributed by atoms with Gasteiger partial charge in [0.1, 0.15) is 5.75 Å². The van der Waals surface area contributed by atoms with Gasteiger partial charge in [-0.1, -0.05) is 41.9 Å². The van der Waals surface area contributed by atoms with Crippen molar-refractivity contribution in [1.82, 2.24) is 5.32 Å². The third-order valence-electron chi connectivity index (χ3n) is 3.50. The molecule has 0 aromatic heterocycles. The van der Waals surface area contributed by atoms with Crippen molar-refractivity contribution >= 4 is 11.6 Å². The fourth-order valence-electron chi connectivity index (χ4n) is 2.40. The molecule has 3 heteroatoms. The van der Waals surface area contributed by atoms with E-state index in [1.54, 1.807) is 0 Å². The Morgan fingerprint density at radius 2 is 1.76 bits per heavy atom. The molecule has 0 saturated carbocycles. The number of hydrogen-bond donors (Lipinski definition) is 1. The Kier molecular flexibility index (Phi) is 6.58. The van der Waals surface area contributed by atoms with E-state index in [4.69, 9.17) is 16.3 Å². The molecule has 0 bridgehead atoms. The Bertz CT molecular complexity index is 513. The summed E-state index contributed by atoms with van der Waals surface area (Å²) in [4.78, 5) is 0. The highest BCUT2D eigenvalue weighted by Gasteiger charge is 2.10. The van der Waals surface area contributed by atoms with Crippen molar-refractivity contribution in [3.8, 4) is 5.75 Å². The molecule has 1 N–H and O–H groups in total. The minimum absolute atomic E-state index is 0.492. The smallest absolute Gasteiger partial charge is 0.119 e. The van der Waals surface area contributed by atoms with Gasteiger partial charge in [-0.3, -0.25) is 0 Å². The van der Waals surface area contributed by atoms with Crippen LogP contribution in [0.1, 0.15) is 24.3 Å². The molecule has 21 heavy (non-hydrogen) atoms. The molecule has 0 aliphatic heterocycles. The second-order valence-electron chi connectivity index (χ2n) is 5.11. The molecule has 0 fully saturated rings.